The van der Waals surface area contributed by atoms with Crippen LogP contribution in [0.1, 0.15) is 41.0 Å². The third-order valence-corrected chi connectivity index (χ3v) is 7.66. The molecular weight excluding hydrogens is 440 g/mol. The van der Waals surface area contributed by atoms with Crippen LogP contribution >= 0.6 is 0 Å². The van der Waals surface area contributed by atoms with E-state index in [4.69, 9.17) is 4.74 Å². The number of hydrogen-bond acceptors (Lipinski definition) is 7. The minimum Gasteiger partial charge on any atom is -0.455 e. The number of anilines is 1. The summed E-state index contributed by atoms with van der Waals surface area (Å²) in [6.07, 6.45) is 3.19. The molecule has 2 aromatic carbocycles. The van der Waals surface area contributed by atoms with E-state index in [1.54, 1.807) is 12.1 Å². The van der Waals surface area contributed by atoms with Gasteiger partial charge in [-0.1, -0.05) is 12.1 Å². The lowest BCUT2D eigenvalue weighted by Gasteiger charge is -2.30. The highest BCUT2D eigenvalue weighted by atomic mass is 32.2. The van der Waals surface area contributed by atoms with Crippen LogP contribution in [0.15, 0.2) is 47.4 Å². The van der Waals surface area contributed by atoms with Crippen molar-refractivity contribution < 1.29 is 17.9 Å². The molecule has 0 saturated carbocycles. The molecule has 1 saturated heterocycles. The van der Waals surface area contributed by atoms with Crippen molar-refractivity contribution in [1.82, 2.24) is 14.3 Å². The van der Waals surface area contributed by atoms with E-state index in [0.717, 1.165) is 47.7 Å². The first-order valence-corrected chi connectivity index (χ1v) is 12.4. The summed E-state index contributed by atoms with van der Waals surface area (Å²) in [4.78, 5) is 24.5. The zero-order chi connectivity index (χ0) is 23.6. The molecule has 1 fully saturated rings. The molecule has 9 heteroatoms. The molecule has 0 unspecified atom stereocenters. The number of carbonyl (C=O) groups is 1. The number of aromatic nitrogens is 2. The third-order valence-electron chi connectivity index (χ3n) is 5.85. The van der Waals surface area contributed by atoms with Gasteiger partial charge in [0.15, 0.2) is 0 Å². The number of carbonyl (C=O) groups excluding carboxylic acids is 1. The summed E-state index contributed by atoms with van der Waals surface area (Å²) in [7, 11) is -0.763. The van der Waals surface area contributed by atoms with Gasteiger partial charge < -0.3 is 9.64 Å². The number of piperidine rings is 1. The number of sulfonamides is 1. The fourth-order valence-electron chi connectivity index (χ4n) is 3.93. The largest absolute Gasteiger partial charge is 0.455 e. The van der Waals surface area contributed by atoms with E-state index in [1.165, 1.54) is 20.2 Å². The Hall–Kier alpha value is -3.04. The first-order valence-electron chi connectivity index (χ1n) is 11.0. The van der Waals surface area contributed by atoms with Crippen molar-refractivity contribution in [3.05, 3.63) is 59.4 Å². The highest BCUT2D eigenvalue weighted by molar-refractivity contribution is 7.89. The lowest BCUT2D eigenvalue weighted by atomic mass is 10.1. The predicted octanol–water partition coefficient (Wildman–Crippen LogP) is 3.54. The Kier molecular flexibility index (Phi) is 6.62. The Balaban J connectivity index is 1.65. The Bertz CT molecular complexity index is 1280. The van der Waals surface area contributed by atoms with Gasteiger partial charge in [-0.2, -0.15) is 0 Å². The molecular formula is C24H28N4O4S. The summed E-state index contributed by atoms with van der Waals surface area (Å²) in [6, 6.07) is 12.2. The van der Waals surface area contributed by atoms with E-state index < -0.39 is 16.0 Å². The number of hydrogen-bond donors (Lipinski definition) is 0. The van der Waals surface area contributed by atoms with Crippen molar-refractivity contribution in [1.29, 1.82) is 0 Å². The lowest BCUT2D eigenvalue weighted by Crippen LogP contribution is -2.31. The minimum absolute atomic E-state index is 0.0490. The maximum Gasteiger partial charge on any atom is 0.340 e. The van der Waals surface area contributed by atoms with E-state index in [1.807, 2.05) is 31.2 Å². The first-order chi connectivity index (χ1) is 15.8. The Morgan fingerprint density at radius 1 is 1.03 bits per heavy atom. The van der Waals surface area contributed by atoms with Crippen LogP contribution in [-0.2, 0) is 21.4 Å². The Morgan fingerprint density at radius 3 is 2.36 bits per heavy atom. The number of rotatable bonds is 6. The zero-order valence-corrected chi connectivity index (χ0v) is 19.9. The van der Waals surface area contributed by atoms with Crippen LogP contribution in [0.5, 0.6) is 0 Å². The number of fused-ring (bicyclic) bond motifs is 1. The standard InChI is InChI=1S/C24H28N4O4S/c1-17-22(26-21-10-6-5-9-20(21)25-17)16-32-24(29)19-15-18(33(30,31)27(2)3)11-12-23(19)28-13-7-4-8-14-28/h5-6,9-12,15H,4,7-8,13-14,16H2,1-3H3. The fraction of sp³-hybridized carbons (Fsp3) is 0.375. The number of para-hydroxylation sites is 2. The van der Waals surface area contributed by atoms with Gasteiger partial charge in [-0.3, -0.25) is 0 Å². The van der Waals surface area contributed by atoms with Crippen molar-refractivity contribution in [2.45, 2.75) is 37.7 Å². The molecule has 174 valence electrons. The molecule has 1 aromatic heterocycles. The summed E-state index contributed by atoms with van der Waals surface area (Å²) in [5.41, 5.74) is 3.69. The smallest absolute Gasteiger partial charge is 0.340 e. The minimum atomic E-state index is -3.69. The molecule has 0 bridgehead atoms. The van der Waals surface area contributed by atoms with Crippen molar-refractivity contribution >= 4 is 32.7 Å². The summed E-state index contributed by atoms with van der Waals surface area (Å²) in [5, 5.41) is 0. The molecule has 33 heavy (non-hydrogen) atoms. The number of benzene rings is 2. The van der Waals surface area contributed by atoms with E-state index in [0.29, 0.717) is 17.1 Å². The first kappa shape index (κ1) is 23.1. The normalized spacial score (nSPS) is 14.6. The highest BCUT2D eigenvalue weighted by Crippen LogP contribution is 2.29. The molecule has 0 spiro atoms. The van der Waals surface area contributed by atoms with Gasteiger partial charge in [0.2, 0.25) is 10.0 Å². The molecule has 2 heterocycles. The molecule has 1 aliphatic heterocycles. The van der Waals surface area contributed by atoms with Crippen molar-refractivity contribution in [3.63, 3.8) is 0 Å². The fourth-order valence-corrected chi connectivity index (χ4v) is 4.86. The maximum atomic E-state index is 13.2. The van der Waals surface area contributed by atoms with Gasteiger partial charge in [-0.15, -0.1) is 0 Å². The molecule has 4 rings (SSSR count). The number of nitrogens with zero attached hydrogens (tertiary/aromatic N) is 4. The summed E-state index contributed by atoms with van der Waals surface area (Å²) in [5.74, 6) is -0.583. The Morgan fingerprint density at radius 2 is 1.70 bits per heavy atom. The SMILES string of the molecule is Cc1nc2ccccc2nc1COC(=O)c1cc(S(=O)(=O)N(C)C)ccc1N1CCCCC1. The molecule has 0 aliphatic carbocycles. The van der Waals surface area contributed by atoms with Gasteiger partial charge in [-0.25, -0.2) is 27.5 Å². The van der Waals surface area contributed by atoms with E-state index >= 15 is 0 Å². The van der Waals surface area contributed by atoms with E-state index in [-0.39, 0.29) is 17.1 Å². The summed E-state index contributed by atoms with van der Waals surface area (Å²) >= 11 is 0. The van der Waals surface area contributed by atoms with Gasteiger partial charge in [0.05, 0.1) is 38.6 Å². The highest BCUT2D eigenvalue weighted by Gasteiger charge is 2.25. The monoisotopic (exact) mass is 468 g/mol. The summed E-state index contributed by atoms with van der Waals surface area (Å²) < 4.78 is 32.1. The van der Waals surface area contributed by atoms with Crippen LogP contribution < -0.4 is 4.90 Å². The predicted molar refractivity (Wildman–Crippen MR) is 127 cm³/mol. The second-order valence-electron chi connectivity index (χ2n) is 8.33. The van der Waals surface area contributed by atoms with Crippen LogP contribution in [0.2, 0.25) is 0 Å². The van der Waals surface area contributed by atoms with Crippen LogP contribution in [0.3, 0.4) is 0 Å². The van der Waals surface area contributed by atoms with E-state index in [9.17, 15) is 13.2 Å². The quantitative estimate of drug-likeness (QED) is 0.511. The molecule has 0 N–H and O–H groups in total. The van der Waals surface area contributed by atoms with Crippen LogP contribution in [0.25, 0.3) is 11.0 Å². The topological polar surface area (TPSA) is 92.7 Å². The van der Waals surface area contributed by atoms with Gasteiger partial charge in [0.1, 0.15) is 6.61 Å². The molecule has 0 radical (unpaired) electrons. The second-order valence-corrected chi connectivity index (χ2v) is 10.5. The molecule has 0 amide bonds. The lowest BCUT2D eigenvalue weighted by molar-refractivity contribution is 0.0467. The molecule has 0 atom stereocenters. The maximum absolute atomic E-state index is 13.2. The van der Waals surface area contributed by atoms with Crippen LogP contribution in [0.4, 0.5) is 5.69 Å². The van der Waals surface area contributed by atoms with Gasteiger partial charge in [0, 0.05) is 27.2 Å². The average molecular weight is 469 g/mol. The van der Waals surface area contributed by atoms with Crippen LogP contribution in [-0.4, -0.2) is 55.8 Å². The van der Waals surface area contributed by atoms with Gasteiger partial charge in [0.25, 0.3) is 0 Å². The molecule has 1 aliphatic rings. The second kappa shape index (κ2) is 9.44. The summed E-state index contributed by atoms with van der Waals surface area (Å²) in [6.45, 7) is 3.41. The average Bonchev–Trinajstić information content (AvgIpc) is 2.82. The number of aryl methyl sites for hydroxylation is 1. The third kappa shape index (κ3) is 4.84. The Labute approximate surface area is 194 Å². The van der Waals surface area contributed by atoms with E-state index in [2.05, 4.69) is 14.9 Å². The van der Waals surface area contributed by atoms with Gasteiger partial charge in [-0.05, 0) is 56.5 Å². The number of ether oxygens (including phenoxy) is 1. The van der Waals surface area contributed by atoms with Crippen molar-refractivity contribution in [2.24, 2.45) is 0 Å². The van der Waals surface area contributed by atoms with Gasteiger partial charge >= 0.3 is 5.97 Å². The number of esters is 1. The zero-order valence-electron chi connectivity index (χ0n) is 19.1. The van der Waals surface area contributed by atoms with Crippen molar-refractivity contribution in [2.75, 3.05) is 32.1 Å². The molecule has 8 nitrogen and oxygen atoms in total. The van der Waals surface area contributed by atoms with Crippen LogP contribution in [0, 0.1) is 6.92 Å². The molecule has 3 aromatic rings. The van der Waals surface area contributed by atoms with Crippen molar-refractivity contribution in [3.8, 4) is 0 Å².